The predicted octanol–water partition coefficient (Wildman–Crippen LogP) is 5.37. The Labute approximate surface area is 213 Å². The highest BCUT2D eigenvalue weighted by molar-refractivity contribution is 7.89. The van der Waals surface area contributed by atoms with Crippen LogP contribution in [0, 0.1) is 40.4 Å². The maximum atomic E-state index is 13.1. The number of ketones is 1. The molecule has 0 amide bonds. The standard InChI is InChI=1S/C27H36ClNO5S/c1-15-12-18-20-5-7-24(34-25(31)19-14-17(35(29,32)33)4-6-23(19)28)27(20,3)11-9-21(18)26(2)10-8-16(30)13-22(15)26/h4,6,14-15,18,20-22,24H,5,7-13H2,1-3H3,(H2,29,32,33)/t15-,18?,20?,21?,22?,24-,26+,27-/m0/s1. The van der Waals surface area contributed by atoms with Crippen molar-refractivity contribution in [3.63, 3.8) is 0 Å². The Kier molecular flexibility index (Phi) is 6.17. The Morgan fingerprint density at radius 2 is 1.80 bits per heavy atom. The predicted molar refractivity (Wildman–Crippen MR) is 133 cm³/mol. The van der Waals surface area contributed by atoms with E-state index in [-0.39, 0.29) is 32.4 Å². The van der Waals surface area contributed by atoms with Gasteiger partial charge in [0.2, 0.25) is 10.0 Å². The second-order valence-corrected chi connectivity index (χ2v) is 14.1. The van der Waals surface area contributed by atoms with E-state index in [2.05, 4.69) is 20.8 Å². The highest BCUT2D eigenvalue weighted by Gasteiger charge is 2.62. The average molecular weight is 522 g/mol. The molecule has 0 radical (unpaired) electrons. The zero-order valence-corrected chi connectivity index (χ0v) is 22.3. The fourth-order valence-electron chi connectivity index (χ4n) is 8.69. The normalized spacial score (nSPS) is 41.0. The second-order valence-electron chi connectivity index (χ2n) is 12.1. The highest BCUT2D eigenvalue weighted by Crippen LogP contribution is 2.67. The number of fused-ring (bicyclic) bond motifs is 5. The van der Waals surface area contributed by atoms with E-state index in [1.54, 1.807) is 0 Å². The summed E-state index contributed by atoms with van der Waals surface area (Å²) in [4.78, 5) is 25.3. The van der Waals surface area contributed by atoms with Crippen LogP contribution >= 0.6 is 11.6 Å². The molecule has 0 saturated heterocycles. The second kappa shape index (κ2) is 8.56. The van der Waals surface area contributed by atoms with E-state index in [0.717, 1.165) is 44.9 Å². The Balaban J connectivity index is 1.37. The summed E-state index contributed by atoms with van der Waals surface area (Å²) in [5.74, 6) is 2.51. The molecule has 4 fully saturated rings. The van der Waals surface area contributed by atoms with E-state index >= 15 is 0 Å². The molecule has 8 heteroatoms. The third-order valence-corrected chi connectivity index (χ3v) is 11.7. The third kappa shape index (κ3) is 4.06. The number of ether oxygens (including phenoxy) is 1. The first kappa shape index (κ1) is 25.2. The molecule has 8 atom stereocenters. The molecular weight excluding hydrogens is 486 g/mol. The van der Waals surface area contributed by atoms with Crippen LogP contribution in [-0.4, -0.2) is 26.3 Å². The molecule has 5 rings (SSSR count). The Hall–Kier alpha value is -1.44. The van der Waals surface area contributed by atoms with Crippen LogP contribution in [0.25, 0.3) is 0 Å². The van der Waals surface area contributed by atoms with Gasteiger partial charge in [0.05, 0.1) is 15.5 Å². The van der Waals surface area contributed by atoms with E-state index in [9.17, 15) is 18.0 Å². The molecule has 0 bridgehead atoms. The van der Waals surface area contributed by atoms with E-state index in [0.29, 0.717) is 41.8 Å². The van der Waals surface area contributed by atoms with Crippen LogP contribution < -0.4 is 5.14 Å². The lowest BCUT2D eigenvalue weighted by atomic mass is 9.43. The van der Waals surface area contributed by atoms with Crippen LogP contribution in [0.5, 0.6) is 0 Å². The van der Waals surface area contributed by atoms with Gasteiger partial charge >= 0.3 is 5.97 Å². The molecule has 4 unspecified atom stereocenters. The number of rotatable bonds is 3. The zero-order chi connectivity index (χ0) is 25.3. The number of halogens is 1. The first-order valence-corrected chi connectivity index (χ1v) is 14.8. The molecule has 4 saturated carbocycles. The lowest BCUT2D eigenvalue weighted by Crippen LogP contribution is -2.56. The molecule has 192 valence electrons. The van der Waals surface area contributed by atoms with Gasteiger partial charge in [-0.1, -0.05) is 32.4 Å². The van der Waals surface area contributed by atoms with Crippen molar-refractivity contribution in [1.29, 1.82) is 0 Å². The molecule has 0 heterocycles. The van der Waals surface area contributed by atoms with Crippen molar-refractivity contribution in [3.8, 4) is 0 Å². The fourth-order valence-corrected chi connectivity index (χ4v) is 9.43. The van der Waals surface area contributed by atoms with Gasteiger partial charge in [0.1, 0.15) is 11.9 Å². The highest BCUT2D eigenvalue weighted by atomic mass is 35.5. The molecule has 0 spiro atoms. The summed E-state index contributed by atoms with van der Waals surface area (Å²) < 4.78 is 29.6. The largest absolute Gasteiger partial charge is 0.458 e. The maximum absolute atomic E-state index is 13.1. The van der Waals surface area contributed by atoms with Gasteiger partial charge in [-0.15, -0.1) is 0 Å². The van der Waals surface area contributed by atoms with Crippen molar-refractivity contribution in [1.82, 2.24) is 0 Å². The molecule has 35 heavy (non-hydrogen) atoms. The number of carbonyl (C=O) groups is 2. The van der Waals surface area contributed by atoms with Crippen molar-refractivity contribution >= 4 is 33.4 Å². The van der Waals surface area contributed by atoms with Crippen molar-refractivity contribution in [3.05, 3.63) is 28.8 Å². The van der Waals surface area contributed by atoms with Gasteiger partial charge < -0.3 is 4.74 Å². The number of hydrogen-bond donors (Lipinski definition) is 1. The Bertz CT molecular complexity index is 1170. The number of benzene rings is 1. The van der Waals surface area contributed by atoms with Gasteiger partial charge in [0.15, 0.2) is 0 Å². The van der Waals surface area contributed by atoms with Crippen LogP contribution in [-0.2, 0) is 19.6 Å². The van der Waals surface area contributed by atoms with Crippen LogP contribution in [0.2, 0.25) is 5.02 Å². The number of hydrogen-bond acceptors (Lipinski definition) is 5. The van der Waals surface area contributed by atoms with Crippen LogP contribution in [0.15, 0.2) is 23.1 Å². The Morgan fingerprint density at radius 1 is 1.09 bits per heavy atom. The monoisotopic (exact) mass is 521 g/mol. The SMILES string of the molecule is C[C@H]1CC2C(CC[C@@]3(C)C2CC[C@@H]3OC(=O)c2cc(S(N)(=O)=O)ccc2Cl)[C@@]2(C)CCC(=O)CC12. The van der Waals surface area contributed by atoms with Crippen LogP contribution in [0.4, 0.5) is 0 Å². The summed E-state index contributed by atoms with van der Waals surface area (Å²) in [6.07, 6.45) is 7.27. The summed E-state index contributed by atoms with van der Waals surface area (Å²) in [6, 6.07) is 3.87. The fraction of sp³-hybridized carbons (Fsp3) is 0.704. The third-order valence-electron chi connectivity index (χ3n) is 10.5. The first-order valence-electron chi connectivity index (χ1n) is 12.9. The first-order chi connectivity index (χ1) is 16.3. The molecule has 4 aliphatic rings. The molecule has 0 aromatic heterocycles. The lowest BCUT2D eigenvalue weighted by Gasteiger charge is -2.61. The lowest BCUT2D eigenvalue weighted by molar-refractivity contribution is -0.152. The zero-order valence-electron chi connectivity index (χ0n) is 20.8. The number of Topliss-reactive ketones (excluding diaryl/α,β-unsaturated/α-hetero) is 1. The van der Waals surface area contributed by atoms with Crippen molar-refractivity contribution in [2.24, 2.45) is 45.6 Å². The topological polar surface area (TPSA) is 104 Å². The molecule has 0 aliphatic heterocycles. The van der Waals surface area contributed by atoms with E-state index in [1.807, 2.05) is 0 Å². The summed E-state index contributed by atoms with van der Waals surface area (Å²) in [7, 11) is -3.96. The van der Waals surface area contributed by atoms with Gasteiger partial charge in [0.25, 0.3) is 0 Å². The summed E-state index contributed by atoms with van der Waals surface area (Å²) in [5.41, 5.74) is 0.134. The average Bonchev–Trinajstić information content (AvgIpc) is 3.11. The van der Waals surface area contributed by atoms with E-state index in [4.69, 9.17) is 21.5 Å². The molecule has 4 aliphatic carbocycles. The smallest absolute Gasteiger partial charge is 0.339 e. The molecule has 1 aromatic carbocycles. The molecule has 6 nitrogen and oxygen atoms in total. The number of primary sulfonamides is 1. The van der Waals surface area contributed by atoms with Gasteiger partial charge in [-0.05, 0) is 91.7 Å². The Morgan fingerprint density at radius 3 is 2.51 bits per heavy atom. The summed E-state index contributed by atoms with van der Waals surface area (Å²) in [6.45, 7) is 7.04. The van der Waals surface area contributed by atoms with Crippen molar-refractivity contribution < 1.29 is 22.7 Å². The maximum Gasteiger partial charge on any atom is 0.339 e. The van der Waals surface area contributed by atoms with Gasteiger partial charge in [-0.2, -0.15) is 0 Å². The quantitative estimate of drug-likeness (QED) is 0.538. The molecule has 2 N–H and O–H groups in total. The number of sulfonamides is 1. The minimum absolute atomic E-state index is 0.0347. The minimum atomic E-state index is -3.96. The van der Waals surface area contributed by atoms with Crippen LogP contribution in [0.1, 0.15) is 82.5 Å². The van der Waals surface area contributed by atoms with Crippen molar-refractivity contribution in [2.45, 2.75) is 83.1 Å². The van der Waals surface area contributed by atoms with Crippen LogP contribution in [0.3, 0.4) is 0 Å². The summed E-state index contributed by atoms with van der Waals surface area (Å²) in [5, 5.41) is 5.40. The van der Waals surface area contributed by atoms with E-state index < -0.39 is 16.0 Å². The molecule has 1 aromatic rings. The summed E-state index contributed by atoms with van der Waals surface area (Å²) >= 11 is 6.24. The van der Waals surface area contributed by atoms with E-state index in [1.165, 1.54) is 18.2 Å². The minimum Gasteiger partial charge on any atom is -0.458 e. The van der Waals surface area contributed by atoms with Gasteiger partial charge in [-0.3, -0.25) is 4.79 Å². The molecular formula is C27H36ClNO5S. The number of esters is 1. The van der Waals surface area contributed by atoms with Crippen molar-refractivity contribution in [2.75, 3.05) is 0 Å². The number of nitrogens with two attached hydrogens (primary N) is 1. The number of carbonyl (C=O) groups excluding carboxylic acids is 2. The van der Waals surface area contributed by atoms with Gasteiger partial charge in [-0.25, -0.2) is 18.4 Å². The van der Waals surface area contributed by atoms with Gasteiger partial charge in [0, 0.05) is 18.3 Å².